The molecule has 0 amide bonds. The van der Waals surface area contributed by atoms with Gasteiger partial charge in [0.15, 0.2) is 0 Å². The number of piperidine rings is 1. The normalized spacial score (nSPS) is 21.2. The molecule has 40 heavy (non-hydrogen) atoms. The van der Waals surface area contributed by atoms with Crippen molar-refractivity contribution in [3.63, 3.8) is 0 Å². The van der Waals surface area contributed by atoms with E-state index in [1.54, 1.807) is 12.1 Å². The first-order valence-corrected chi connectivity index (χ1v) is 15.3. The van der Waals surface area contributed by atoms with E-state index < -0.39 is 27.8 Å². The second-order valence-corrected chi connectivity index (χ2v) is 12.5. The quantitative estimate of drug-likeness (QED) is 0.303. The average Bonchev–Trinajstić information content (AvgIpc) is 2.98. The van der Waals surface area contributed by atoms with Crippen LogP contribution in [0, 0.1) is 0 Å². The number of nitrogens with zero attached hydrogens (tertiary/aromatic N) is 2. The number of likely N-dealkylation sites (tertiary alicyclic amines) is 1. The van der Waals surface area contributed by atoms with Crippen LogP contribution in [0.5, 0.6) is 5.75 Å². The monoisotopic (exact) mass is 572 g/mol. The van der Waals surface area contributed by atoms with Gasteiger partial charge in [-0.1, -0.05) is 49.2 Å². The number of methoxy groups -OCH3 is 1. The van der Waals surface area contributed by atoms with Crippen LogP contribution in [-0.4, -0.2) is 45.6 Å². The fraction of sp³-hybridized carbons (Fsp3) is 0.419. The minimum absolute atomic E-state index is 0.0181. The molecule has 2 fully saturated rings. The summed E-state index contributed by atoms with van der Waals surface area (Å²) in [6.45, 7) is 1.37. The molecule has 0 radical (unpaired) electrons. The van der Waals surface area contributed by atoms with Crippen LogP contribution >= 0.6 is 0 Å². The Labute approximate surface area is 234 Å². The number of hydrogen-bond donors (Lipinski definition) is 0. The number of anilines is 1. The van der Waals surface area contributed by atoms with Crippen molar-refractivity contribution in [1.29, 1.82) is 0 Å². The second kappa shape index (κ2) is 11.8. The van der Waals surface area contributed by atoms with E-state index in [4.69, 9.17) is 4.74 Å². The maximum Gasteiger partial charge on any atom is 0.416 e. The lowest BCUT2D eigenvalue weighted by atomic mass is 9.78. The van der Waals surface area contributed by atoms with Gasteiger partial charge in [0.1, 0.15) is 5.75 Å². The topological polar surface area (TPSA) is 49.9 Å². The number of alkyl halides is 3. The molecule has 1 saturated heterocycles. The van der Waals surface area contributed by atoms with Crippen LogP contribution in [0.4, 0.5) is 18.9 Å². The fourth-order valence-corrected chi connectivity index (χ4v) is 8.02. The Morgan fingerprint density at radius 1 is 0.850 bits per heavy atom. The second-order valence-electron chi connectivity index (χ2n) is 10.7. The van der Waals surface area contributed by atoms with Crippen LogP contribution < -0.4 is 9.04 Å². The summed E-state index contributed by atoms with van der Waals surface area (Å²) in [5.41, 5.74) is 0.496. The van der Waals surface area contributed by atoms with Gasteiger partial charge in [0, 0.05) is 25.2 Å². The third-order valence-electron chi connectivity index (χ3n) is 8.30. The predicted octanol–water partition coefficient (Wildman–Crippen LogP) is 7.10. The molecule has 3 aromatic carbocycles. The van der Waals surface area contributed by atoms with Gasteiger partial charge in [0.2, 0.25) is 0 Å². The summed E-state index contributed by atoms with van der Waals surface area (Å²) >= 11 is 0. The van der Waals surface area contributed by atoms with Gasteiger partial charge in [0.25, 0.3) is 10.0 Å². The summed E-state index contributed by atoms with van der Waals surface area (Å²) in [4.78, 5) is 2.49. The van der Waals surface area contributed by atoms with Crippen molar-refractivity contribution in [3.05, 3.63) is 90.0 Å². The molecule has 1 aliphatic heterocycles. The zero-order valence-electron chi connectivity index (χ0n) is 22.6. The Bertz CT molecular complexity index is 1370. The van der Waals surface area contributed by atoms with Gasteiger partial charge in [-0.3, -0.25) is 9.21 Å². The Hall–Kier alpha value is -3.04. The van der Waals surface area contributed by atoms with E-state index in [2.05, 4.69) is 29.2 Å². The maximum absolute atomic E-state index is 14.0. The molecule has 0 unspecified atom stereocenters. The maximum atomic E-state index is 14.0. The van der Waals surface area contributed by atoms with Gasteiger partial charge in [-0.05, 0) is 79.6 Å². The highest BCUT2D eigenvalue weighted by molar-refractivity contribution is 7.92. The summed E-state index contributed by atoms with van der Waals surface area (Å²) < 4.78 is 75.3. The SMILES string of the molecule is COc1ccc(S(=O)(=O)N(c2cccc(C(F)(F)F)c2)C2CCN([C@@H]3CCCC[C@@H]3c3ccccc3)CC2)cc1. The van der Waals surface area contributed by atoms with Crippen molar-refractivity contribution >= 4 is 15.7 Å². The molecule has 0 spiro atoms. The fourth-order valence-electron chi connectivity index (χ4n) is 6.32. The van der Waals surface area contributed by atoms with Crippen molar-refractivity contribution in [2.45, 2.75) is 67.6 Å². The minimum Gasteiger partial charge on any atom is -0.497 e. The van der Waals surface area contributed by atoms with Crippen LogP contribution in [0.15, 0.2) is 83.8 Å². The van der Waals surface area contributed by atoms with E-state index >= 15 is 0 Å². The molecular weight excluding hydrogens is 537 g/mol. The van der Waals surface area contributed by atoms with Crippen molar-refractivity contribution < 1.29 is 26.3 Å². The van der Waals surface area contributed by atoms with Crippen LogP contribution in [0.2, 0.25) is 0 Å². The van der Waals surface area contributed by atoms with Crippen LogP contribution in [0.1, 0.15) is 55.6 Å². The molecule has 3 aromatic rings. The largest absolute Gasteiger partial charge is 0.497 e. The van der Waals surface area contributed by atoms with Crippen molar-refractivity contribution in [1.82, 2.24) is 4.90 Å². The highest BCUT2D eigenvalue weighted by atomic mass is 32.2. The zero-order chi connectivity index (χ0) is 28.3. The molecule has 9 heteroatoms. The Kier molecular flexibility index (Phi) is 8.42. The third kappa shape index (κ3) is 6.00. The summed E-state index contributed by atoms with van der Waals surface area (Å²) in [6.07, 6.45) is 1.05. The summed E-state index contributed by atoms with van der Waals surface area (Å²) in [7, 11) is -2.66. The van der Waals surface area contributed by atoms with E-state index in [9.17, 15) is 21.6 Å². The number of halogens is 3. The average molecular weight is 573 g/mol. The van der Waals surface area contributed by atoms with E-state index in [0.717, 1.165) is 31.4 Å². The molecule has 2 aliphatic rings. The van der Waals surface area contributed by atoms with Crippen LogP contribution in [0.3, 0.4) is 0 Å². The molecule has 0 N–H and O–H groups in total. The lowest BCUT2D eigenvalue weighted by Crippen LogP contribution is -2.51. The van der Waals surface area contributed by atoms with Gasteiger partial charge in [-0.15, -0.1) is 0 Å². The molecule has 2 atom stereocenters. The number of rotatable bonds is 7. The van der Waals surface area contributed by atoms with Crippen molar-refractivity contribution in [2.75, 3.05) is 24.5 Å². The van der Waals surface area contributed by atoms with E-state index in [0.29, 0.717) is 43.6 Å². The van der Waals surface area contributed by atoms with Crippen molar-refractivity contribution in [2.24, 2.45) is 0 Å². The Balaban J connectivity index is 1.43. The molecule has 5 nitrogen and oxygen atoms in total. The Morgan fingerprint density at radius 3 is 2.17 bits per heavy atom. The smallest absolute Gasteiger partial charge is 0.416 e. The highest BCUT2D eigenvalue weighted by Gasteiger charge is 2.39. The first kappa shape index (κ1) is 28.5. The van der Waals surface area contributed by atoms with Gasteiger partial charge < -0.3 is 4.74 Å². The van der Waals surface area contributed by atoms with E-state index in [1.807, 2.05) is 6.07 Å². The molecule has 0 bridgehead atoms. The third-order valence-corrected chi connectivity index (χ3v) is 10.2. The standard InChI is InChI=1S/C31H35F3N2O3S/c1-39-27-14-16-28(17-15-27)40(37,38)36(26-11-7-10-24(22-26)31(32,33)34)25-18-20-35(21-19-25)30-13-6-5-12-29(30)23-8-3-2-4-9-23/h2-4,7-11,14-17,22,25,29-30H,5-6,12-13,18-21H2,1H3/t29-,30-/m1/s1. The first-order chi connectivity index (χ1) is 19.2. The van der Waals surface area contributed by atoms with Crippen LogP contribution in [-0.2, 0) is 16.2 Å². The molecule has 1 heterocycles. The van der Waals surface area contributed by atoms with Gasteiger partial charge in [-0.2, -0.15) is 13.2 Å². The molecule has 1 aliphatic carbocycles. The van der Waals surface area contributed by atoms with E-state index in [-0.39, 0.29) is 10.6 Å². The zero-order valence-corrected chi connectivity index (χ0v) is 23.4. The molecule has 214 valence electrons. The van der Waals surface area contributed by atoms with Crippen LogP contribution in [0.25, 0.3) is 0 Å². The number of sulfonamides is 1. The summed E-state index contributed by atoms with van der Waals surface area (Å²) in [5, 5.41) is 0. The molecule has 5 rings (SSSR count). The minimum atomic E-state index is -4.58. The Morgan fingerprint density at radius 2 is 1.52 bits per heavy atom. The number of hydrogen-bond acceptors (Lipinski definition) is 4. The van der Waals surface area contributed by atoms with Gasteiger partial charge in [0.05, 0.1) is 23.3 Å². The summed E-state index contributed by atoms with van der Waals surface area (Å²) in [6, 6.07) is 21.1. The lowest BCUT2D eigenvalue weighted by Gasteiger charge is -2.45. The number of benzene rings is 3. The molecular formula is C31H35F3N2O3S. The van der Waals surface area contributed by atoms with Gasteiger partial charge in [-0.25, -0.2) is 8.42 Å². The molecule has 0 aromatic heterocycles. The molecule has 1 saturated carbocycles. The van der Waals surface area contributed by atoms with E-state index in [1.165, 1.54) is 47.7 Å². The summed E-state index contributed by atoms with van der Waals surface area (Å²) in [5.74, 6) is 0.924. The first-order valence-electron chi connectivity index (χ1n) is 13.8. The van der Waals surface area contributed by atoms with Crippen molar-refractivity contribution in [3.8, 4) is 5.75 Å². The number of ether oxygens (including phenoxy) is 1. The highest BCUT2D eigenvalue weighted by Crippen LogP contribution is 2.40. The predicted molar refractivity (Wildman–Crippen MR) is 150 cm³/mol. The van der Waals surface area contributed by atoms with Gasteiger partial charge >= 0.3 is 6.18 Å². The lowest BCUT2D eigenvalue weighted by molar-refractivity contribution is -0.137.